The van der Waals surface area contributed by atoms with Gasteiger partial charge in [0.15, 0.2) is 0 Å². The molecule has 6 heteroatoms. The summed E-state index contributed by atoms with van der Waals surface area (Å²) >= 11 is 1.69. The van der Waals surface area contributed by atoms with E-state index in [0.717, 1.165) is 51.2 Å². The molecule has 2 heterocycles. The topological polar surface area (TPSA) is 52.7 Å². The lowest BCUT2D eigenvalue weighted by Gasteiger charge is -2.29. The lowest BCUT2D eigenvalue weighted by Crippen LogP contribution is -2.49. The highest BCUT2D eigenvalue weighted by atomic mass is 32.2. The molecule has 20 heavy (non-hydrogen) atoms. The van der Waals surface area contributed by atoms with Gasteiger partial charge in [0, 0.05) is 31.8 Å². The number of hydrogen-bond donors (Lipinski definition) is 1. The van der Waals surface area contributed by atoms with Gasteiger partial charge in [0.2, 0.25) is 11.8 Å². The van der Waals surface area contributed by atoms with Crippen molar-refractivity contribution >= 4 is 23.6 Å². The first-order valence-corrected chi connectivity index (χ1v) is 8.76. The Morgan fingerprint density at radius 3 is 2.95 bits per heavy atom. The molecule has 2 saturated heterocycles. The van der Waals surface area contributed by atoms with Gasteiger partial charge in [-0.1, -0.05) is 13.3 Å². The monoisotopic (exact) mass is 299 g/mol. The molecule has 0 spiro atoms. The second-order valence-corrected chi connectivity index (χ2v) is 6.41. The second-order valence-electron chi connectivity index (χ2n) is 5.41. The number of hydrogen-bond acceptors (Lipinski definition) is 4. The van der Waals surface area contributed by atoms with Crippen molar-refractivity contribution in [2.75, 3.05) is 37.8 Å². The number of nitrogens with zero attached hydrogens (tertiary/aromatic N) is 2. The highest BCUT2D eigenvalue weighted by Gasteiger charge is 2.36. The van der Waals surface area contributed by atoms with Crippen molar-refractivity contribution in [3.63, 3.8) is 0 Å². The van der Waals surface area contributed by atoms with Gasteiger partial charge >= 0.3 is 0 Å². The fourth-order valence-electron chi connectivity index (χ4n) is 2.64. The first-order chi connectivity index (χ1) is 9.74. The van der Waals surface area contributed by atoms with Gasteiger partial charge in [-0.05, 0) is 19.4 Å². The standard InChI is InChI=1S/C14H25N3O2S/c1-2-3-5-13(18)17-11-20-10-12(17)14(19)16-8-4-6-15-7-9-16/h12,15H,2-11H2,1H3. The second kappa shape index (κ2) is 7.88. The van der Waals surface area contributed by atoms with Crippen LogP contribution < -0.4 is 5.32 Å². The Bertz CT molecular complexity index is 343. The smallest absolute Gasteiger partial charge is 0.246 e. The fourth-order valence-corrected chi connectivity index (χ4v) is 3.81. The Balaban J connectivity index is 1.94. The maximum atomic E-state index is 12.6. The van der Waals surface area contributed by atoms with Gasteiger partial charge in [-0.15, -0.1) is 11.8 Å². The van der Waals surface area contributed by atoms with Gasteiger partial charge in [-0.25, -0.2) is 0 Å². The lowest BCUT2D eigenvalue weighted by molar-refractivity contribution is -0.143. The van der Waals surface area contributed by atoms with Gasteiger partial charge in [0.25, 0.3) is 0 Å². The first kappa shape index (κ1) is 15.6. The van der Waals surface area contributed by atoms with Gasteiger partial charge in [0.1, 0.15) is 6.04 Å². The molecule has 1 atom stereocenters. The summed E-state index contributed by atoms with van der Waals surface area (Å²) < 4.78 is 0. The minimum Gasteiger partial charge on any atom is -0.340 e. The van der Waals surface area contributed by atoms with Crippen molar-refractivity contribution in [1.82, 2.24) is 15.1 Å². The van der Waals surface area contributed by atoms with Crippen LogP contribution in [0.5, 0.6) is 0 Å². The van der Waals surface area contributed by atoms with Crippen LogP contribution in [0.3, 0.4) is 0 Å². The molecular formula is C14H25N3O2S. The Morgan fingerprint density at radius 1 is 1.30 bits per heavy atom. The molecule has 114 valence electrons. The molecule has 2 aliphatic rings. The van der Waals surface area contributed by atoms with Crippen LogP contribution in [-0.4, -0.2) is 65.5 Å². The van der Waals surface area contributed by atoms with E-state index in [2.05, 4.69) is 12.2 Å². The van der Waals surface area contributed by atoms with E-state index in [0.29, 0.717) is 12.3 Å². The Morgan fingerprint density at radius 2 is 2.15 bits per heavy atom. The maximum absolute atomic E-state index is 12.6. The van der Waals surface area contributed by atoms with Gasteiger partial charge < -0.3 is 15.1 Å². The zero-order valence-electron chi connectivity index (χ0n) is 12.3. The Kier molecular flexibility index (Phi) is 6.16. The summed E-state index contributed by atoms with van der Waals surface area (Å²) in [7, 11) is 0. The molecule has 2 rings (SSSR count). The van der Waals surface area contributed by atoms with Crippen LogP contribution in [0.2, 0.25) is 0 Å². The largest absolute Gasteiger partial charge is 0.340 e. The highest BCUT2D eigenvalue weighted by Crippen LogP contribution is 2.24. The van der Waals surface area contributed by atoms with Crippen molar-refractivity contribution in [3.8, 4) is 0 Å². The number of thioether (sulfide) groups is 1. The number of unbranched alkanes of at least 4 members (excludes halogenated alkanes) is 1. The van der Waals surface area contributed by atoms with Crippen LogP contribution in [0, 0.1) is 0 Å². The van der Waals surface area contributed by atoms with Crippen molar-refractivity contribution < 1.29 is 9.59 Å². The van der Waals surface area contributed by atoms with Crippen molar-refractivity contribution in [1.29, 1.82) is 0 Å². The van der Waals surface area contributed by atoms with Crippen LogP contribution in [-0.2, 0) is 9.59 Å². The number of carbonyl (C=O) groups excluding carboxylic acids is 2. The summed E-state index contributed by atoms with van der Waals surface area (Å²) in [5.41, 5.74) is 0. The third kappa shape index (κ3) is 3.88. The minimum absolute atomic E-state index is 0.142. The molecule has 2 amide bonds. The third-order valence-corrected chi connectivity index (χ3v) is 4.90. The van der Waals surface area contributed by atoms with E-state index < -0.39 is 0 Å². The zero-order chi connectivity index (χ0) is 14.4. The number of amides is 2. The predicted octanol–water partition coefficient (Wildman–Crippen LogP) is 0.900. The van der Waals surface area contributed by atoms with E-state index in [1.165, 1.54) is 0 Å². The van der Waals surface area contributed by atoms with E-state index in [1.807, 2.05) is 4.90 Å². The summed E-state index contributed by atoms with van der Waals surface area (Å²) in [6, 6.07) is -0.234. The normalized spacial score (nSPS) is 23.8. The summed E-state index contributed by atoms with van der Waals surface area (Å²) in [5, 5.41) is 3.30. The van der Waals surface area contributed by atoms with E-state index >= 15 is 0 Å². The lowest BCUT2D eigenvalue weighted by atomic mass is 10.2. The number of nitrogens with one attached hydrogen (secondary N) is 1. The van der Waals surface area contributed by atoms with Crippen LogP contribution in [0.25, 0.3) is 0 Å². The zero-order valence-corrected chi connectivity index (χ0v) is 13.1. The van der Waals surface area contributed by atoms with E-state index in [1.54, 1.807) is 16.7 Å². The molecule has 1 N–H and O–H groups in total. The van der Waals surface area contributed by atoms with Crippen LogP contribution in [0.15, 0.2) is 0 Å². The van der Waals surface area contributed by atoms with Crippen molar-refractivity contribution in [3.05, 3.63) is 0 Å². The van der Waals surface area contributed by atoms with Crippen LogP contribution in [0.1, 0.15) is 32.6 Å². The summed E-state index contributed by atoms with van der Waals surface area (Å²) in [6.45, 7) is 5.48. The van der Waals surface area contributed by atoms with E-state index in [-0.39, 0.29) is 17.9 Å². The van der Waals surface area contributed by atoms with Crippen LogP contribution >= 0.6 is 11.8 Å². The Hall–Kier alpha value is -0.750. The molecule has 1 unspecified atom stereocenters. The van der Waals surface area contributed by atoms with Crippen molar-refractivity contribution in [2.24, 2.45) is 0 Å². The van der Waals surface area contributed by atoms with Crippen molar-refractivity contribution in [2.45, 2.75) is 38.6 Å². The predicted molar refractivity (Wildman–Crippen MR) is 81.6 cm³/mol. The third-order valence-electron chi connectivity index (χ3n) is 3.88. The molecule has 0 radical (unpaired) electrons. The van der Waals surface area contributed by atoms with Gasteiger partial charge in [-0.3, -0.25) is 9.59 Å². The highest BCUT2D eigenvalue weighted by molar-refractivity contribution is 7.99. The Labute approximate surface area is 125 Å². The molecule has 0 aliphatic carbocycles. The summed E-state index contributed by atoms with van der Waals surface area (Å²) in [4.78, 5) is 28.6. The molecular weight excluding hydrogens is 274 g/mol. The molecule has 0 aromatic rings. The average Bonchev–Trinajstić information content (AvgIpc) is 2.79. The quantitative estimate of drug-likeness (QED) is 0.838. The van der Waals surface area contributed by atoms with Crippen LogP contribution in [0.4, 0.5) is 0 Å². The number of rotatable bonds is 4. The summed E-state index contributed by atoms with van der Waals surface area (Å²) in [6.07, 6.45) is 3.50. The summed E-state index contributed by atoms with van der Waals surface area (Å²) in [5.74, 6) is 1.71. The SMILES string of the molecule is CCCCC(=O)N1CSCC1C(=O)N1CCCNCC1. The maximum Gasteiger partial charge on any atom is 0.246 e. The molecule has 2 fully saturated rings. The molecule has 0 aromatic carbocycles. The van der Waals surface area contributed by atoms with E-state index in [9.17, 15) is 9.59 Å². The molecule has 5 nitrogen and oxygen atoms in total. The average molecular weight is 299 g/mol. The first-order valence-electron chi connectivity index (χ1n) is 7.60. The fraction of sp³-hybridized carbons (Fsp3) is 0.857. The molecule has 0 bridgehead atoms. The van der Waals surface area contributed by atoms with Gasteiger partial charge in [-0.2, -0.15) is 0 Å². The molecule has 0 aromatic heterocycles. The van der Waals surface area contributed by atoms with Gasteiger partial charge in [0.05, 0.1) is 5.88 Å². The number of carbonyl (C=O) groups is 2. The molecule has 2 aliphatic heterocycles. The van der Waals surface area contributed by atoms with E-state index in [4.69, 9.17) is 0 Å². The molecule has 0 saturated carbocycles. The minimum atomic E-state index is -0.234.